The molecule has 0 saturated carbocycles. The van der Waals surface area contributed by atoms with E-state index in [9.17, 15) is 41.1 Å². The summed E-state index contributed by atoms with van der Waals surface area (Å²) in [6.07, 6.45) is 14.1. The molecule has 8 nitrogen and oxygen atoms in total. The van der Waals surface area contributed by atoms with Crippen LogP contribution in [-0.4, -0.2) is 35.5 Å². The third-order valence-electron chi connectivity index (χ3n) is 8.32. The van der Waals surface area contributed by atoms with Gasteiger partial charge in [0.25, 0.3) is 0 Å². The van der Waals surface area contributed by atoms with Crippen LogP contribution in [0.3, 0.4) is 0 Å². The van der Waals surface area contributed by atoms with Crippen molar-refractivity contribution in [2.24, 2.45) is 0 Å². The molecule has 1 amide bonds. The van der Waals surface area contributed by atoms with Gasteiger partial charge in [0.1, 0.15) is 18.2 Å². The summed E-state index contributed by atoms with van der Waals surface area (Å²) >= 11 is 0. The highest BCUT2D eigenvalue weighted by molar-refractivity contribution is 5.85. The average molecular weight is 756 g/mol. The van der Waals surface area contributed by atoms with E-state index in [1.807, 2.05) is 20.8 Å². The van der Waals surface area contributed by atoms with E-state index in [2.05, 4.69) is 10.1 Å². The molecule has 0 aliphatic carbocycles. The van der Waals surface area contributed by atoms with E-state index in [0.29, 0.717) is 18.4 Å². The smallest absolute Gasteiger partial charge is 0.328 e. The Morgan fingerprint density at radius 3 is 1.55 bits per heavy atom. The van der Waals surface area contributed by atoms with Crippen LogP contribution >= 0.6 is 0 Å². The second kappa shape index (κ2) is 24.3. The molecule has 296 valence electrons. The molecule has 0 aliphatic rings. The third-order valence-corrected chi connectivity index (χ3v) is 8.32. The minimum absolute atomic E-state index is 0.110. The molecule has 0 radical (unpaired) electrons. The zero-order valence-electron chi connectivity index (χ0n) is 31.1. The van der Waals surface area contributed by atoms with Crippen molar-refractivity contribution < 1.29 is 55.3 Å². The molecule has 13 heteroatoms. The standard InChI is InChI=1S/C40H54F5NO7/c1-40(2,3)53-32(49)24-20-15-13-11-9-7-5-4-6-8-10-12-14-19-23-30(47)46-29(39(50)51-27-28-21-17-16-18-22-28)25-26-31(48)52-38-36(44)34(42)33(41)35(43)37(38)45/h16-18,21-22,29H,4-15,19-20,23-27H2,1-3H3,(H,46,47)/t29-/m0/s1. The van der Waals surface area contributed by atoms with Gasteiger partial charge in [-0.25, -0.2) is 18.0 Å². The summed E-state index contributed by atoms with van der Waals surface area (Å²) in [6, 6.07) is 7.34. The lowest BCUT2D eigenvalue weighted by molar-refractivity contribution is -0.155. The number of unbranched alkanes of at least 4 members (excludes halogenated alkanes) is 13. The van der Waals surface area contributed by atoms with Gasteiger partial charge in [0.05, 0.1) is 0 Å². The number of rotatable bonds is 25. The van der Waals surface area contributed by atoms with Gasteiger partial charge in [0.2, 0.25) is 40.7 Å². The predicted molar refractivity (Wildman–Crippen MR) is 189 cm³/mol. The van der Waals surface area contributed by atoms with Crippen molar-refractivity contribution in [3.8, 4) is 5.75 Å². The Kier molecular flexibility index (Phi) is 20.7. The summed E-state index contributed by atoms with van der Waals surface area (Å²) in [5.41, 5.74) is 0.233. The molecule has 0 bridgehead atoms. The lowest BCUT2D eigenvalue weighted by Gasteiger charge is -2.19. The van der Waals surface area contributed by atoms with Crippen LogP contribution in [0.5, 0.6) is 5.75 Å². The number of ether oxygens (including phenoxy) is 3. The minimum Gasteiger partial charge on any atom is -0.460 e. The molecule has 1 atom stereocenters. The van der Waals surface area contributed by atoms with Crippen LogP contribution in [0.4, 0.5) is 22.0 Å². The number of amides is 1. The molecule has 2 rings (SSSR count). The van der Waals surface area contributed by atoms with Crippen LogP contribution in [0.2, 0.25) is 0 Å². The molecular formula is C40H54F5NO7. The van der Waals surface area contributed by atoms with Gasteiger partial charge in [-0.15, -0.1) is 0 Å². The first-order chi connectivity index (χ1) is 25.2. The van der Waals surface area contributed by atoms with Crippen LogP contribution in [0.15, 0.2) is 30.3 Å². The Hall–Kier alpha value is -4.03. The van der Waals surface area contributed by atoms with Crippen LogP contribution in [0, 0.1) is 29.1 Å². The van der Waals surface area contributed by atoms with E-state index in [1.165, 1.54) is 32.1 Å². The maximum Gasteiger partial charge on any atom is 0.328 e. The molecule has 2 aromatic rings. The van der Waals surface area contributed by atoms with Crippen molar-refractivity contribution in [1.29, 1.82) is 0 Å². The number of benzene rings is 2. The first-order valence-corrected chi connectivity index (χ1v) is 18.6. The SMILES string of the molecule is CC(C)(C)OC(=O)CCCCCCCCCCCCCCCCC(=O)N[C@@H](CCC(=O)Oc1c(F)c(F)c(F)c(F)c1F)C(=O)OCc1ccccc1. The van der Waals surface area contributed by atoms with E-state index in [-0.39, 0.29) is 19.0 Å². The Balaban J connectivity index is 1.65. The van der Waals surface area contributed by atoms with Crippen molar-refractivity contribution in [2.75, 3.05) is 0 Å². The number of esters is 3. The molecule has 1 N–H and O–H groups in total. The van der Waals surface area contributed by atoms with E-state index in [4.69, 9.17) is 9.47 Å². The largest absolute Gasteiger partial charge is 0.460 e. The molecular weight excluding hydrogens is 701 g/mol. The summed E-state index contributed by atoms with van der Waals surface area (Å²) in [4.78, 5) is 49.6. The number of carbonyl (C=O) groups is 4. The molecule has 0 spiro atoms. The predicted octanol–water partition coefficient (Wildman–Crippen LogP) is 9.88. The number of hydrogen-bond acceptors (Lipinski definition) is 7. The highest BCUT2D eigenvalue weighted by Crippen LogP contribution is 2.29. The summed E-state index contributed by atoms with van der Waals surface area (Å²) in [7, 11) is 0. The number of nitrogens with one attached hydrogen (secondary N) is 1. The van der Waals surface area contributed by atoms with Gasteiger partial charge < -0.3 is 19.5 Å². The quantitative estimate of drug-likeness (QED) is 0.0269. The second-order valence-electron chi connectivity index (χ2n) is 14.2. The summed E-state index contributed by atoms with van der Waals surface area (Å²) in [6.45, 7) is 5.50. The summed E-state index contributed by atoms with van der Waals surface area (Å²) < 4.78 is 83.3. The molecule has 53 heavy (non-hydrogen) atoms. The molecule has 0 saturated heterocycles. The van der Waals surface area contributed by atoms with Gasteiger partial charge in [-0.2, -0.15) is 8.78 Å². The van der Waals surface area contributed by atoms with Crippen LogP contribution < -0.4 is 10.1 Å². The first-order valence-electron chi connectivity index (χ1n) is 18.6. The van der Waals surface area contributed by atoms with Gasteiger partial charge in [-0.3, -0.25) is 14.4 Å². The lowest BCUT2D eigenvalue weighted by atomic mass is 10.0. The number of carbonyl (C=O) groups excluding carboxylic acids is 4. The van der Waals surface area contributed by atoms with Gasteiger partial charge in [0.15, 0.2) is 0 Å². The van der Waals surface area contributed by atoms with Crippen molar-refractivity contribution >= 4 is 23.8 Å². The van der Waals surface area contributed by atoms with Gasteiger partial charge in [-0.1, -0.05) is 107 Å². The maximum atomic E-state index is 14.0. The lowest BCUT2D eigenvalue weighted by Crippen LogP contribution is -2.42. The monoisotopic (exact) mass is 755 g/mol. The topological polar surface area (TPSA) is 108 Å². The zero-order valence-corrected chi connectivity index (χ0v) is 31.1. The van der Waals surface area contributed by atoms with Crippen LogP contribution in [-0.2, 0) is 35.3 Å². The Bertz CT molecular complexity index is 1420. The Labute approximate surface area is 309 Å². The van der Waals surface area contributed by atoms with Crippen molar-refractivity contribution in [3.05, 3.63) is 65.0 Å². The Morgan fingerprint density at radius 1 is 0.604 bits per heavy atom. The van der Waals surface area contributed by atoms with Crippen molar-refractivity contribution in [1.82, 2.24) is 5.32 Å². The van der Waals surface area contributed by atoms with Gasteiger partial charge in [-0.05, 0) is 45.6 Å². The summed E-state index contributed by atoms with van der Waals surface area (Å²) in [5.74, 6) is -16.2. The number of halogens is 5. The molecule has 0 fully saturated rings. The first kappa shape index (κ1) is 45.1. The minimum atomic E-state index is -2.40. The van der Waals surface area contributed by atoms with E-state index >= 15 is 0 Å². The highest BCUT2D eigenvalue weighted by atomic mass is 19.2. The average Bonchev–Trinajstić information content (AvgIpc) is 3.11. The van der Waals surface area contributed by atoms with E-state index < -0.39 is 77.2 Å². The Morgan fingerprint density at radius 2 is 1.06 bits per heavy atom. The fourth-order valence-corrected chi connectivity index (χ4v) is 5.51. The fourth-order valence-electron chi connectivity index (χ4n) is 5.51. The van der Waals surface area contributed by atoms with Crippen LogP contribution in [0.25, 0.3) is 0 Å². The summed E-state index contributed by atoms with van der Waals surface area (Å²) in [5, 5.41) is 2.52. The van der Waals surface area contributed by atoms with Gasteiger partial charge >= 0.3 is 17.9 Å². The third kappa shape index (κ3) is 18.5. The van der Waals surface area contributed by atoms with Crippen LogP contribution in [0.1, 0.15) is 142 Å². The highest BCUT2D eigenvalue weighted by Gasteiger charge is 2.30. The van der Waals surface area contributed by atoms with E-state index in [1.54, 1.807) is 30.3 Å². The van der Waals surface area contributed by atoms with Crippen molar-refractivity contribution in [2.45, 2.75) is 155 Å². The fraction of sp³-hybridized carbons (Fsp3) is 0.600. The molecule has 0 aromatic heterocycles. The zero-order chi connectivity index (χ0) is 39.2. The maximum absolute atomic E-state index is 14.0. The van der Waals surface area contributed by atoms with Crippen molar-refractivity contribution in [3.63, 3.8) is 0 Å². The molecule has 0 aliphatic heterocycles. The molecule has 0 heterocycles. The van der Waals surface area contributed by atoms with Gasteiger partial charge in [0, 0.05) is 19.3 Å². The number of hydrogen-bond donors (Lipinski definition) is 1. The normalized spacial score (nSPS) is 11.9. The second-order valence-corrected chi connectivity index (χ2v) is 14.2. The molecule has 0 unspecified atom stereocenters. The van der Waals surface area contributed by atoms with E-state index in [0.717, 1.165) is 51.4 Å². The molecule has 2 aromatic carbocycles.